The summed E-state index contributed by atoms with van der Waals surface area (Å²) < 4.78 is 10.8. The van der Waals surface area contributed by atoms with Crippen LogP contribution in [0.1, 0.15) is 11.1 Å². The molecule has 1 fully saturated rings. The number of morpholine rings is 1. The number of nitrogens with one attached hydrogen (secondary N) is 1. The van der Waals surface area contributed by atoms with Crippen LogP contribution in [0.4, 0.5) is 0 Å². The van der Waals surface area contributed by atoms with Gasteiger partial charge in [0.2, 0.25) is 0 Å². The maximum absolute atomic E-state index is 12.0. The summed E-state index contributed by atoms with van der Waals surface area (Å²) in [5, 5.41) is 3.53. The minimum absolute atomic E-state index is 0.0187. The van der Waals surface area contributed by atoms with E-state index in [1.807, 2.05) is 12.1 Å². The van der Waals surface area contributed by atoms with Gasteiger partial charge in [-0.2, -0.15) is 0 Å². The maximum atomic E-state index is 12.0. The SMILES string of the molecule is O=C(COc1ccc(Cl)cc1)NCc1cccc(CN2CCOCC2)c1. The average molecular weight is 375 g/mol. The standard InChI is InChI=1S/C20H23ClN2O3/c21-18-4-6-19(7-5-18)26-15-20(24)22-13-16-2-1-3-17(12-16)14-23-8-10-25-11-9-23/h1-7,12H,8-11,13-15H2,(H,22,24). The Balaban J connectivity index is 1.44. The predicted molar refractivity (Wildman–Crippen MR) is 101 cm³/mol. The Hall–Kier alpha value is -2.08. The Bertz CT molecular complexity index is 715. The van der Waals surface area contributed by atoms with Gasteiger partial charge in [-0.25, -0.2) is 0 Å². The zero-order valence-electron chi connectivity index (χ0n) is 14.6. The number of rotatable bonds is 7. The summed E-state index contributed by atoms with van der Waals surface area (Å²) in [4.78, 5) is 14.4. The molecule has 2 aromatic carbocycles. The second-order valence-corrected chi connectivity index (χ2v) is 6.66. The molecule has 1 aliphatic rings. The molecule has 1 saturated heterocycles. The van der Waals surface area contributed by atoms with Gasteiger partial charge in [-0.05, 0) is 35.4 Å². The van der Waals surface area contributed by atoms with E-state index in [9.17, 15) is 4.79 Å². The predicted octanol–water partition coefficient (Wildman–Crippen LogP) is 2.87. The lowest BCUT2D eigenvalue weighted by Crippen LogP contribution is -2.35. The fourth-order valence-electron chi connectivity index (χ4n) is 2.79. The van der Waals surface area contributed by atoms with Gasteiger partial charge in [-0.1, -0.05) is 35.9 Å². The normalized spacial score (nSPS) is 14.8. The van der Waals surface area contributed by atoms with Crippen molar-refractivity contribution in [1.29, 1.82) is 0 Å². The minimum atomic E-state index is -0.154. The molecular formula is C20H23ClN2O3. The van der Waals surface area contributed by atoms with Crippen LogP contribution in [0.25, 0.3) is 0 Å². The van der Waals surface area contributed by atoms with Gasteiger partial charge in [0, 0.05) is 31.2 Å². The molecule has 0 atom stereocenters. The van der Waals surface area contributed by atoms with E-state index in [2.05, 4.69) is 22.3 Å². The molecular weight excluding hydrogens is 352 g/mol. The van der Waals surface area contributed by atoms with Crippen LogP contribution in [0.2, 0.25) is 5.02 Å². The van der Waals surface area contributed by atoms with Crippen LogP contribution < -0.4 is 10.1 Å². The first-order chi connectivity index (χ1) is 12.7. The largest absolute Gasteiger partial charge is 0.484 e. The zero-order valence-corrected chi connectivity index (χ0v) is 15.4. The van der Waals surface area contributed by atoms with Crippen molar-refractivity contribution in [3.8, 4) is 5.75 Å². The van der Waals surface area contributed by atoms with Crippen molar-refractivity contribution in [3.63, 3.8) is 0 Å². The molecule has 0 aliphatic carbocycles. The first-order valence-corrected chi connectivity index (χ1v) is 9.10. The number of hydrogen-bond donors (Lipinski definition) is 1. The molecule has 1 heterocycles. The summed E-state index contributed by atoms with van der Waals surface area (Å²) in [5.74, 6) is 0.468. The molecule has 0 aromatic heterocycles. The number of halogens is 1. The summed E-state index contributed by atoms with van der Waals surface area (Å²) in [6, 6.07) is 15.2. The van der Waals surface area contributed by atoms with E-state index in [0.29, 0.717) is 17.3 Å². The monoisotopic (exact) mass is 374 g/mol. The lowest BCUT2D eigenvalue weighted by atomic mass is 10.1. The van der Waals surface area contributed by atoms with E-state index < -0.39 is 0 Å². The molecule has 0 unspecified atom stereocenters. The van der Waals surface area contributed by atoms with Crippen LogP contribution in [-0.2, 0) is 22.6 Å². The average Bonchev–Trinajstić information content (AvgIpc) is 2.67. The first-order valence-electron chi connectivity index (χ1n) is 8.72. The summed E-state index contributed by atoms with van der Waals surface area (Å²) in [7, 11) is 0. The van der Waals surface area contributed by atoms with Gasteiger partial charge >= 0.3 is 0 Å². The Kier molecular flexibility index (Phi) is 6.89. The zero-order chi connectivity index (χ0) is 18.2. The smallest absolute Gasteiger partial charge is 0.258 e. The molecule has 0 saturated carbocycles. The van der Waals surface area contributed by atoms with Crippen molar-refractivity contribution < 1.29 is 14.3 Å². The summed E-state index contributed by atoms with van der Waals surface area (Å²) in [5.41, 5.74) is 2.33. The van der Waals surface area contributed by atoms with Gasteiger partial charge in [-0.15, -0.1) is 0 Å². The highest BCUT2D eigenvalue weighted by molar-refractivity contribution is 6.30. The molecule has 1 N–H and O–H groups in total. The topological polar surface area (TPSA) is 50.8 Å². The Morgan fingerprint density at radius 1 is 1.12 bits per heavy atom. The molecule has 138 valence electrons. The van der Waals surface area contributed by atoms with E-state index in [-0.39, 0.29) is 12.5 Å². The number of ether oxygens (including phenoxy) is 2. The van der Waals surface area contributed by atoms with Crippen LogP contribution in [0.15, 0.2) is 48.5 Å². The van der Waals surface area contributed by atoms with Crippen LogP contribution in [0, 0.1) is 0 Å². The minimum Gasteiger partial charge on any atom is -0.484 e. The summed E-state index contributed by atoms with van der Waals surface area (Å²) >= 11 is 5.82. The second-order valence-electron chi connectivity index (χ2n) is 6.23. The van der Waals surface area contributed by atoms with Crippen LogP contribution in [-0.4, -0.2) is 43.7 Å². The molecule has 0 bridgehead atoms. The third kappa shape index (κ3) is 6.02. The number of amides is 1. The summed E-state index contributed by atoms with van der Waals surface area (Å²) in [6.45, 7) is 4.89. The van der Waals surface area contributed by atoms with Crippen molar-refractivity contribution >= 4 is 17.5 Å². The van der Waals surface area contributed by atoms with Gasteiger partial charge in [-0.3, -0.25) is 9.69 Å². The Morgan fingerprint density at radius 2 is 1.85 bits per heavy atom. The number of carbonyl (C=O) groups excluding carboxylic acids is 1. The Labute approximate surface area is 158 Å². The van der Waals surface area contributed by atoms with E-state index >= 15 is 0 Å². The Morgan fingerprint density at radius 3 is 2.62 bits per heavy atom. The molecule has 3 rings (SSSR count). The lowest BCUT2D eigenvalue weighted by Gasteiger charge is -2.26. The van der Waals surface area contributed by atoms with E-state index in [1.165, 1.54) is 5.56 Å². The fraction of sp³-hybridized carbons (Fsp3) is 0.350. The second kappa shape index (κ2) is 9.57. The van der Waals surface area contributed by atoms with Crippen molar-refractivity contribution in [3.05, 3.63) is 64.7 Å². The third-order valence-corrected chi connectivity index (χ3v) is 4.43. The quantitative estimate of drug-likeness (QED) is 0.809. The van der Waals surface area contributed by atoms with Crippen LogP contribution >= 0.6 is 11.6 Å². The van der Waals surface area contributed by atoms with Gasteiger partial charge in [0.05, 0.1) is 13.2 Å². The molecule has 0 spiro atoms. The first kappa shape index (κ1) is 18.7. The van der Waals surface area contributed by atoms with E-state index in [0.717, 1.165) is 38.4 Å². The molecule has 1 amide bonds. The lowest BCUT2D eigenvalue weighted by molar-refractivity contribution is -0.123. The fourth-order valence-corrected chi connectivity index (χ4v) is 2.91. The summed E-state index contributed by atoms with van der Waals surface area (Å²) in [6.07, 6.45) is 0. The van der Waals surface area contributed by atoms with Gasteiger partial charge < -0.3 is 14.8 Å². The van der Waals surface area contributed by atoms with Crippen LogP contribution in [0.3, 0.4) is 0 Å². The molecule has 5 nitrogen and oxygen atoms in total. The van der Waals surface area contributed by atoms with Gasteiger partial charge in [0.15, 0.2) is 6.61 Å². The van der Waals surface area contributed by atoms with E-state index in [1.54, 1.807) is 24.3 Å². The molecule has 0 radical (unpaired) electrons. The van der Waals surface area contributed by atoms with Gasteiger partial charge in [0.25, 0.3) is 5.91 Å². The molecule has 26 heavy (non-hydrogen) atoms. The van der Waals surface area contributed by atoms with Crippen molar-refractivity contribution in [2.24, 2.45) is 0 Å². The van der Waals surface area contributed by atoms with Gasteiger partial charge in [0.1, 0.15) is 5.75 Å². The highest BCUT2D eigenvalue weighted by atomic mass is 35.5. The highest BCUT2D eigenvalue weighted by Crippen LogP contribution is 2.15. The van der Waals surface area contributed by atoms with Crippen molar-refractivity contribution in [2.45, 2.75) is 13.1 Å². The van der Waals surface area contributed by atoms with Crippen LogP contribution in [0.5, 0.6) is 5.75 Å². The maximum Gasteiger partial charge on any atom is 0.258 e. The molecule has 1 aliphatic heterocycles. The molecule has 2 aromatic rings. The number of hydrogen-bond acceptors (Lipinski definition) is 4. The van der Waals surface area contributed by atoms with E-state index in [4.69, 9.17) is 21.1 Å². The van der Waals surface area contributed by atoms with Crippen molar-refractivity contribution in [2.75, 3.05) is 32.9 Å². The number of benzene rings is 2. The highest BCUT2D eigenvalue weighted by Gasteiger charge is 2.11. The van der Waals surface area contributed by atoms with Crippen molar-refractivity contribution in [1.82, 2.24) is 10.2 Å². The number of nitrogens with zero attached hydrogens (tertiary/aromatic N) is 1. The third-order valence-electron chi connectivity index (χ3n) is 4.17. The molecule has 6 heteroatoms. The number of carbonyl (C=O) groups is 1.